The van der Waals surface area contributed by atoms with Gasteiger partial charge < -0.3 is 5.32 Å². The predicted molar refractivity (Wildman–Crippen MR) is 109 cm³/mol. The zero-order chi connectivity index (χ0) is 20.4. The minimum atomic E-state index is -0.419. The van der Waals surface area contributed by atoms with Crippen LogP contribution in [0.25, 0.3) is 11.4 Å². The molecule has 0 aliphatic heterocycles. The molecule has 1 N–H and O–H groups in total. The molecule has 0 unspecified atom stereocenters. The Hall–Kier alpha value is -3.28. The molecule has 0 bridgehead atoms. The lowest BCUT2D eigenvalue weighted by Gasteiger charge is -2.17. The first-order chi connectivity index (χ1) is 14.0. The van der Waals surface area contributed by atoms with Crippen molar-refractivity contribution in [1.29, 1.82) is 0 Å². The number of halogens is 1. The first-order valence-corrected chi connectivity index (χ1v) is 9.79. The molecule has 1 heterocycles. The molecule has 0 spiro atoms. The molecule has 6 heteroatoms. The number of nitrogens with zero attached hydrogens (tertiary/aromatic N) is 2. The van der Waals surface area contributed by atoms with Gasteiger partial charge in [-0.15, -0.1) is 0 Å². The summed E-state index contributed by atoms with van der Waals surface area (Å²) in [6.07, 6.45) is 2.33. The molecule has 5 nitrogen and oxygen atoms in total. The molecule has 1 atom stereocenters. The van der Waals surface area contributed by atoms with E-state index in [0.717, 1.165) is 18.4 Å². The van der Waals surface area contributed by atoms with Crippen LogP contribution in [0.15, 0.2) is 59.4 Å². The van der Waals surface area contributed by atoms with Gasteiger partial charge >= 0.3 is 0 Å². The summed E-state index contributed by atoms with van der Waals surface area (Å²) in [7, 11) is 0. The Morgan fingerprint density at radius 3 is 2.83 bits per heavy atom. The molecular weight excluding hydrogens is 369 g/mol. The molecule has 0 radical (unpaired) electrons. The highest BCUT2D eigenvalue weighted by Gasteiger charge is 2.24. The molecule has 2 aromatic carbocycles. The maximum absolute atomic E-state index is 13.7. The van der Waals surface area contributed by atoms with Crippen molar-refractivity contribution in [1.82, 2.24) is 14.9 Å². The van der Waals surface area contributed by atoms with Crippen LogP contribution in [0, 0.1) is 5.82 Å². The zero-order valence-corrected chi connectivity index (χ0v) is 16.2. The molecule has 1 aliphatic carbocycles. The normalized spacial score (nSPS) is 15.2. The number of nitrogens with one attached hydrogen (secondary N) is 1. The van der Waals surface area contributed by atoms with Gasteiger partial charge in [0.1, 0.15) is 18.2 Å². The predicted octanol–water partition coefficient (Wildman–Crippen LogP) is 3.42. The second kappa shape index (κ2) is 7.99. The van der Waals surface area contributed by atoms with Crippen molar-refractivity contribution in [2.75, 3.05) is 0 Å². The molecule has 4 rings (SSSR count). The fourth-order valence-electron chi connectivity index (χ4n) is 3.83. The second-order valence-corrected chi connectivity index (χ2v) is 7.22. The van der Waals surface area contributed by atoms with Crippen molar-refractivity contribution in [3.63, 3.8) is 0 Å². The van der Waals surface area contributed by atoms with E-state index in [0.29, 0.717) is 23.5 Å². The molecule has 1 aliphatic rings. The largest absolute Gasteiger partial charge is 0.348 e. The maximum atomic E-state index is 13.7. The highest BCUT2D eigenvalue weighted by molar-refractivity contribution is 5.77. The van der Waals surface area contributed by atoms with Crippen molar-refractivity contribution in [3.8, 4) is 11.4 Å². The van der Waals surface area contributed by atoms with Crippen molar-refractivity contribution in [2.45, 2.75) is 38.8 Å². The molecule has 29 heavy (non-hydrogen) atoms. The van der Waals surface area contributed by atoms with Gasteiger partial charge in [0.25, 0.3) is 5.56 Å². The molecule has 148 valence electrons. The number of rotatable bonds is 5. The molecule has 0 saturated heterocycles. The van der Waals surface area contributed by atoms with Crippen LogP contribution in [0.4, 0.5) is 4.39 Å². The smallest absolute Gasteiger partial charge is 0.254 e. The van der Waals surface area contributed by atoms with Crippen LogP contribution in [0.1, 0.15) is 36.2 Å². The van der Waals surface area contributed by atoms with E-state index in [-0.39, 0.29) is 24.1 Å². The summed E-state index contributed by atoms with van der Waals surface area (Å²) in [6, 6.07) is 15.3. The number of hydrogen-bond acceptors (Lipinski definition) is 3. The standard InChI is InChI=1S/C23H22FN3O2/c1-2-18-13-22(29)27(23(25-18)16-7-5-8-17(24)12-16)14-21(28)26-20-11-10-15-6-3-4-9-19(15)20/h3-9,12-13,20H,2,10-11,14H2,1H3,(H,26,28)/t20-/m0/s1. The second-order valence-electron chi connectivity index (χ2n) is 7.22. The Balaban J connectivity index is 1.63. The number of aryl methyl sites for hydroxylation is 2. The van der Waals surface area contributed by atoms with Gasteiger partial charge in [-0.05, 0) is 42.5 Å². The third kappa shape index (κ3) is 3.97. The Labute approximate surface area is 168 Å². The molecule has 0 fully saturated rings. The number of aromatic nitrogens is 2. The van der Waals surface area contributed by atoms with E-state index in [2.05, 4.69) is 16.4 Å². The van der Waals surface area contributed by atoms with Gasteiger partial charge in [0.05, 0.1) is 6.04 Å². The van der Waals surface area contributed by atoms with E-state index in [1.165, 1.54) is 28.3 Å². The van der Waals surface area contributed by atoms with Crippen LogP contribution in [-0.4, -0.2) is 15.5 Å². The zero-order valence-electron chi connectivity index (χ0n) is 16.2. The quantitative estimate of drug-likeness (QED) is 0.725. The number of fused-ring (bicyclic) bond motifs is 1. The minimum Gasteiger partial charge on any atom is -0.348 e. The molecule has 1 amide bonds. The van der Waals surface area contributed by atoms with Gasteiger partial charge in [-0.3, -0.25) is 14.2 Å². The number of carbonyl (C=O) groups is 1. The molecule has 3 aromatic rings. The lowest BCUT2D eigenvalue weighted by molar-refractivity contribution is -0.122. The summed E-state index contributed by atoms with van der Waals surface area (Å²) in [6.45, 7) is 1.73. The summed E-state index contributed by atoms with van der Waals surface area (Å²) in [4.78, 5) is 30.0. The van der Waals surface area contributed by atoms with Crippen LogP contribution in [0.2, 0.25) is 0 Å². The first-order valence-electron chi connectivity index (χ1n) is 9.79. The van der Waals surface area contributed by atoms with E-state index in [9.17, 15) is 14.0 Å². The highest BCUT2D eigenvalue weighted by atomic mass is 19.1. The molecular formula is C23H22FN3O2. The maximum Gasteiger partial charge on any atom is 0.254 e. The van der Waals surface area contributed by atoms with E-state index < -0.39 is 5.82 Å². The van der Waals surface area contributed by atoms with E-state index in [1.807, 2.05) is 25.1 Å². The SMILES string of the molecule is CCc1cc(=O)n(CC(=O)N[C@H]2CCc3ccccc32)c(-c2cccc(F)c2)n1. The Morgan fingerprint density at radius 2 is 2.03 bits per heavy atom. The lowest BCUT2D eigenvalue weighted by Crippen LogP contribution is -2.35. The average molecular weight is 391 g/mol. The topological polar surface area (TPSA) is 64.0 Å². The van der Waals surface area contributed by atoms with Crippen LogP contribution >= 0.6 is 0 Å². The Morgan fingerprint density at radius 1 is 1.21 bits per heavy atom. The Bertz CT molecular complexity index is 1120. The third-order valence-corrected chi connectivity index (χ3v) is 5.28. The lowest BCUT2D eigenvalue weighted by atomic mass is 10.1. The summed E-state index contributed by atoms with van der Waals surface area (Å²) in [5.41, 5.74) is 3.12. The fraction of sp³-hybridized carbons (Fsp3) is 0.261. The van der Waals surface area contributed by atoms with Gasteiger partial charge in [-0.1, -0.05) is 43.3 Å². The average Bonchev–Trinajstić information content (AvgIpc) is 3.12. The highest BCUT2D eigenvalue weighted by Crippen LogP contribution is 2.30. The van der Waals surface area contributed by atoms with Crippen molar-refractivity contribution < 1.29 is 9.18 Å². The van der Waals surface area contributed by atoms with Gasteiger partial charge in [-0.25, -0.2) is 9.37 Å². The number of hydrogen-bond donors (Lipinski definition) is 1. The van der Waals surface area contributed by atoms with Crippen molar-refractivity contribution in [3.05, 3.63) is 87.6 Å². The van der Waals surface area contributed by atoms with Gasteiger partial charge in [0, 0.05) is 17.3 Å². The number of benzene rings is 2. The third-order valence-electron chi connectivity index (χ3n) is 5.28. The van der Waals surface area contributed by atoms with E-state index in [1.54, 1.807) is 12.1 Å². The van der Waals surface area contributed by atoms with E-state index >= 15 is 0 Å². The van der Waals surface area contributed by atoms with Crippen molar-refractivity contribution >= 4 is 5.91 Å². The monoisotopic (exact) mass is 391 g/mol. The van der Waals surface area contributed by atoms with Crippen LogP contribution in [0.5, 0.6) is 0 Å². The van der Waals surface area contributed by atoms with Crippen LogP contribution in [-0.2, 0) is 24.2 Å². The summed E-state index contributed by atoms with van der Waals surface area (Å²) >= 11 is 0. The number of amides is 1. The van der Waals surface area contributed by atoms with Crippen LogP contribution < -0.4 is 10.9 Å². The van der Waals surface area contributed by atoms with Gasteiger partial charge in [-0.2, -0.15) is 0 Å². The molecule has 0 saturated carbocycles. The van der Waals surface area contributed by atoms with Crippen LogP contribution in [0.3, 0.4) is 0 Å². The van der Waals surface area contributed by atoms with Gasteiger partial charge in [0.15, 0.2) is 0 Å². The fourth-order valence-corrected chi connectivity index (χ4v) is 3.83. The first kappa shape index (κ1) is 19.1. The minimum absolute atomic E-state index is 0.0603. The van der Waals surface area contributed by atoms with E-state index in [4.69, 9.17) is 0 Å². The molecule has 1 aromatic heterocycles. The summed E-state index contributed by atoms with van der Waals surface area (Å²) < 4.78 is 15.1. The van der Waals surface area contributed by atoms with Gasteiger partial charge in [0.2, 0.25) is 5.91 Å². The van der Waals surface area contributed by atoms with Crippen molar-refractivity contribution in [2.24, 2.45) is 0 Å². The summed E-state index contributed by atoms with van der Waals surface area (Å²) in [5.74, 6) is -0.384. The Kier molecular flexibility index (Phi) is 5.25. The number of carbonyl (C=O) groups excluding carboxylic acids is 1. The summed E-state index contributed by atoms with van der Waals surface area (Å²) in [5, 5.41) is 3.03.